The minimum atomic E-state index is 0.534. The van der Waals surface area contributed by atoms with Gasteiger partial charge in [-0.25, -0.2) is 0 Å². The van der Waals surface area contributed by atoms with Gasteiger partial charge in [-0.3, -0.25) is 0 Å². The van der Waals surface area contributed by atoms with Crippen LogP contribution in [0.3, 0.4) is 0 Å². The number of fused-ring (bicyclic) bond motifs is 3. The quantitative estimate of drug-likeness (QED) is 0.790. The Morgan fingerprint density at radius 1 is 0.760 bits per heavy atom. The molecule has 0 bridgehead atoms. The van der Waals surface area contributed by atoms with E-state index >= 15 is 0 Å². The summed E-state index contributed by atoms with van der Waals surface area (Å²) >= 11 is 0. The molecule has 2 aromatic carbocycles. The fraction of sp³-hybridized carbons (Fsp3) is 0.455. The zero-order valence-electron chi connectivity index (χ0n) is 15.2. The van der Waals surface area contributed by atoms with Gasteiger partial charge in [0.15, 0.2) is 0 Å². The molecule has 0 aliphatic heterocycles. The summed E-state index contributed by atoms with van der Waals surface area (Å²) in [5.41, 5.74) is 4.15. The number of hydrogen-bond donors (Lipinski definition) is 0. The molecule has 0 spiro atoms. The number of rotatable bonds is 4. The van der Waals surface area contributed by atoms with Crippen LogP contribution in [0, 0.1) is 5.92 Å². The van der Waals surface area contributed by atoms with Gasteiger partial charge in [-0.1, -0.05) is 18.6 Å². The molecule has 0 saturated heterocycles. The number of benzene rings is 2. The highest BCUT2D eigenvalue weighted by Gasteiger charge is 2.42. The molecule has 0 aromatic heterocycles. The Labute approximate surface area is 149 Å². The molecule has 2 aromatic rings. The summed E-state index contributed by atoms with van der Waals surface area (Å²) < 4.78 is 16.8. The summed E-state index contributed by atoms with van der Waals surface area (Å²) in [5, 5.41) is 0. The number of methoxy groups -OCH3 is 3. The van der Waals surface area contributed by atoms with Crippen molar-refractivity contribution < 1.29 is 14.2 Å². The predicted molar refractivity (Wildman–Crippen MR) is 99.1 cm³/mol. The van der Waals surface area contributed by atoms with Crippen molar-refractivity contribution in [2.24, 2.45) is 5.92 Å². The Bertz CT molecular complexity index is 751. The van der Waals surface area contributed by atoms with Gasteiger partial charge in [0.2, 0.25) is 0 Å². The van der Waals surface area contributed by atoms with Crippen molar-refractivity contribution in [2.75, 3.05) is 21.3 Å². The first kappa shape index (κ1) is 16.3. The van der Waals surface area contributed by atoms with E-state index in [-0.39, 0.29) is 0 Å². The van der Waals surface area contributed by atoms with Crippen molar-refractivity contribution in [2.45, 2.75) is 37.5 Å². The van der Waals surface area contributed by atoms with Crippen molar-refractivity contribution in [1.82, 2.24) is 0 Å². The van der Waals surface area contributed by atoms with Crippen molar-refractivity contribution in [3.05, 3.63) is 53.1 Å². The summed E-state index contributed by atoms with van der Waals surface area (Å²) in [5.74, 6) is 4.73. The fourth-order valence-electron chi connectivity index (χ4n) is 5.03. The molecule has 0 N–H and O–H groups in total. The Morgan fingerprint density at radius 3 is 2.16 bits per heavy atom. The zero-order chi connectivity index (χ0) is 17.4. The maximum atomic E-state index is 5.72. The lowest BCUT2D eigenvalue weighted by atomic mass is 9.67. The molecule has 1 fully saturated rings. The van der Waals surface area contributed by atoms with E-state index in [1.807, 2.05) is 0 Å². The van der Waals surface area contributed by atoms with Crippen LogP contribution in [-0.2, 0) is 6.42 Å². The molecule has 2 aliphatic rings. The van der Waals surface area contributed by atoms with Crippen LogP contribution < -0.4 is 14.2 Å². The van der Waals surface area contributed by atoms with Crippen LogP contribution >= 0.6 is 0 Å². The van der Waals surface area contributed by atoms with Crippen molar-refractivity contribution in [3.63, 3.8) is 0 Å². The van der Waals surface area contributed by atoms with Gasteiger partial charge in [0, 0.05) is 11.1 Å². The largest absolute Gasteiger partial charge is 0.497 e. The third-order valence-electron chi connectivity index (χ3n) is 6.14. The number of ether oxygens (including phenoxy) is 3. The molecule has 4 rings (SSSR count). The van der Waals surface area contributed by atoms with Crippen LogP contribution in [-0.4, -0.2) is 21.3 Å². The van der Waals surface area contributed by atoms with Gasteiger partial charge in [0.1, 0.15) is 17.2 Å². The molecule has 0 amide bonds. The Kier molecular flexibility index (Phi) is 4.32. The lowest BCUT2D eigenvalue weighted by molar-refractivity contribution is 0.331. The van der Waals surface area contributed by atoms with E-state index in [1.165, 1.54) is 36.0 Å². The molecule has 2 aliphatic carbocycles. The smallest absolute Gasteiger partial charge is 0.122 e. The van der Waals surface area contributed by atoms with Crippen molar-refractivity contribution in [1.29, 1.82) is 0 Å². The van der Waals surface area contributed by atoms with Gasteiger partial charge in [0.25, 0.3) is 0 Å². The molecule has 1 saturated carbocycles. The molecule has 25 heavy (non-hydrogen) atoms. The molecule has 3 nitrogen and oxygen atoms in total. The lowest BCUT2D eigenvalue weighted by Crippen LogP contribution is -2.26. The number of hydrogen-bond acceptors (Lipinski definition) is 3. The highest BCUT2D eigenvalue weighted by Crippen LogP contribution is 2.56. The van der Waals surface area contributed by atoms with E-state index in [0.717, 1.165) is 23.7 Å². The highest BCUT2D eigenvalue weighted by molar-refractivity contribution is 5.54. The molecular weight excluding hydrogens is 312 g/mol. The minimum absolute atomic E-state index is 0.534. The Morgan fingerprint density at radius 2 is 1.48 bits per heavy atom. The van der Waals surface area contributed by atoms with E-state index in [9.17, 15) is 0 Å². The minimum Gasteiger partial charge on any atom is -0.497 e. The average Bonchev–Trinajstić information content (AvgIpc) is 3.16. The maximum absolute atomic E-state index is 5.72. The molecule has 0 heterocycles. The summed E-state index contributed by atoms with van der Waals surface area (Å²) in [6.45, 7) is 0. The summed E-state index contributed by atoms with van der Waals surface area (Å²) in [4.78, 5) is 0. The Hall–Kier alpha value is -2.16. The van der Waals surface area contributed by atoms with Gasteiger partial charge < -0.3 is 14.2 Å². The van der Waals surface area contributed by atoms with Gasteiger partial charge >= 0.3 is 0 Å². The normalized spacial score (nSPS) is 24.4. The third kappa shape index (κ3) is 2.66. The standard InChI is InChI=1S/C22H26O3/c1-23-15-9-7-14(8-10-15)18-13-19-20(24-2)11-12-21(25-3)22(19)17-6-4-5-16(17)18/h7-12,16-18H,4-6,13H2,1-3H3/t16-,17+,18-/m0/s1. The maximum Gasteiger partial charge on any atom is 0.122 e. The summed E-state index contributed by atoms with van der Waals surface area (Å²) in [7, 11) is 5.27. The molecule has 0 unspecified atom stereocenters. The zero-order valence-corrected chi connectivity index (χ0v) is 15.2. The first-order valence-corrected chi connectivity index (χ1v) is 9.14. The molecule has 132 valence electrons. The topological polar surface area (TPSA) is 27.7 Å². The van der Waals surface area contributed by atoms with Crippen LogP contribution in [0.25, 0.3) is 0 Å². The first-order chi connectivity index (χ1) is 12.3. The van der Waals surface area contributed by atoms with Crippen LogP contribution in [0.4, 0.5) is 0 Å². The monoisotopic (exact) mass is 338 g/mol. The second-order valence-electron chi connectivity index (χ2n) is 7.15. The lowest BCUT2D eigenvalue weighted by Gasteiger charge is -2.37. The summed E-state index contributed by atoms with van der Waals surface area (Å²) in [6, 6.07) is 12.8. The van der Waals surface area contributed by atoms with Crippen LogP contribution in [0.1, 0.15) is 47.8 Å². The molecule has 3 heteroatoms. The van der Waals surface area contributed by atoms with Gasteiger partial charge in [-0.05, 0) is 66.8 Å². The van der Waals surface area contributed by atoms with Crippen LogP contribution in [0.5, 0.6) is 17.2 Å². The summed E-state index contributed by atoms with van der Waals surface area (Å²) in [6.07, 6.45) is 4.85. The van der Waals surface area contributed by atoms with Gasteiger partial charge in [0.05, 0.1) is 21.3 Å². The van der Waals surface area contributed by atoms with E-state index in [2.05, 4.69) is 36.4 Å². The van der Waals surface area contributed by atoms with E-state index in [0.29, 0.717) is 17.8 Å². The van der Waals surface area contributed by atoms with E-state index < -0.39 is 0 Å². The predicted octanol–water partition coefficient (Wildman–Crippen LogP) is 4.94. The molecule has 0 radical (unpaired) electrons. The van der Waals surface area contributed by atoms with Crippen molar-refractivity contribution >= 4 is 0 Å². The van der Waals surface area contributed by atoms with E-state index in [1.54, 1.807) is 21.3 Å². The first-order valence-electron chi connectivity index (χ1n) is 9.14. The van der Waals surface area contributed by atoms with Crippen molar-refractivity contribution in [3.8, 4) is 17.2 Å². The van der Waals surface area contributed by atoms with Gasteiger partial charge in [-0.15, -0.1) is 0 Å². The third-order valence-corrected chi connectivity index (χ3v) is 6.14. The molecule has 3 atom stereocenters. The van der Waals surface area contributed by atoms with Crippen LogP contribution in [0.2, 0.25) is 0 Å². The SMILES string of the molecule is COc1ccc([C@@H]2Cc3c(OC)ccc(OC)c3[C@@H]3CCC[C@H]23)cc1. The second-order valence-corrected chi connectivity index (χ2v) is 7.15. The average molecular weight is 338 g/mol. The fourth-order valence-corrected chi connectivity index (χ4v) is 5.03. The van der Waals surface area contributed by atoms with E-state index in [4.69, 9.17) is 14.2 Å². The molecular formula is C22H26O3. The second kappa shape index (κ2) is 6.62. The van der Waals surface area contributed by atoms with Crippen LogP contribution in [0.15, 0.2) is 36.4 Å². The van der Waals surface area contributed by atoms with Gasteiger partial charge in [-0.2, -0.15) is 0 Å². The highest BCUT2D eigenvalue weighted by atomic mass is 16.5. The Balaban J connectivity index is 1.80.